The average molecular weight is 282 g/mol. The fraction of sp³-hybridized carbons (Fsp3) is 0.118. The molecular formula is C17H15FN2O. The Labute approximate surface area is 122 Å². The van der Waals surface area contributed by atoms with Crippen molar-refractivity contribution in [1.82, 2.24) is 4.98 Å². The Kier molecular flexibility index (Phi) is 3.54. The average Bonchev–Trinajstić information content (AvgIpc) is 2.53. The van der Waals surface area contributed by atoms with Crippen LogP contribution in [0.4, 0.5) is 15.9 Å². The summed E-state index contributed by atoms with van der Waals surface area (Å²) >= 11 is 0. The second-order valence-electron chi connectivity index (χ2n) is 4.86. The highest BCUT2D eigenvalue weighted by molar-refractivity contribution is 5.82. The van der Waals surface area contributed by atoms with Crippen molar-refractivity contribution in [1.29, 1.82) is 0 Å². The van der Waals surface area contributed by atoms with Crippen LogP contribution in [0.2, 0.25) is 0 Å². The molecule has 0 bridgehead atoms. The van der Waals surface area contributed by atoms with Gasteiger partial charge in [0.15, 0.2) is 0 Å². The molecule has 0 aliphatic heterocycles. The zero-order chi connectivity index (χ0) is 14.8. The summed E-state index contributed by atoms with van der Waals surface area (Å²) in [5.41, 5.74) is 2.41. The lowest BCUT2D eigenvalue weighted by atomic mass is 10.1. The summed E-state index contributed by atoms with van der Waals surface area (Å²) in [5.74, 6) is 0.392. The van der Waals surface area contributed by atoms with Gasteiger partial charge in [0.05, 0.1) is 12.1 Å². The smallest absolute Gasteiger partial charge is 0.138 e. The maximum atomic E-state index is 13.0. The maximum Gasteiger partial charge on any atom is 0.138 e. The molecule has 2 aromatic carbocycles. The zero-order valence-corrected chi connectivity index (χ0v) is 11.6. The topological polar surface area (TPSA) is 36.4 Å². The number of para-hydroxylation sites is 1. The lowest BCUT2D eigenvalue weighted by Crippen LogP contribution is -2.14. The van der Waals surface area contributed by atoms with E-state index in [2.05, 4.69) is 4.98 Å². The molecule has 0 unspecified atom stereocenters. The van der Waals surface area contributed by atoms with Crippen LogP contribution in [0.15, 0.2) is 54.6 Å². The van der Waals surface area contributed by atoms with Crippen LogP contribution in [0.1, 0.15) is 5.56 Å². The van der Waals surface area contributed by atoms with Gasteiger partial charge in [0.25, 0.3) is 0 Å². The number of aromatic nitrogens is 1. The number of anilines is 2. The molecule has 106 valence electrons. The molecule has 0 spiro atoms. The van der Waals surface area contributed by atoms with E-state index in [0.717, 1.165) is 22.2 Å². The molecule has 0 atom stereocenters. The molecule has 1 aromatic heterocycles. The second kappa shape index (κ2) is 5.50. The first kappa shape index (κ1) is 13.5. The highest BCUT2D eigenvalue weighted by Gasteiger charge is 2.12. The van der Waals surface area contributed by atoms with Crippen molar-refractivity contribution in [3.05, 3.63) is 66.0 Å². The number of nitrogens with zero attached hydrogens (tertiary/aromatic N) is 2. The molecule has 0 fully saturated rings. The van der Waals surface area contributed by atoms with Gasteiger partial charge in [-0.05, 0) is 36.4 Å². The minimum atomic E-state index is -0.277. The SMILES string of the molecule is CN(c1ccc(F)cc1)c1nc2ccccc2cc1CO. The number of aliphatic hydroxyl groups is 1. The van der Waals surface area contributed by atoms with Gasteiger partial charge in [0.1, 0.15) is 11.6 Å². The largest absolute Gasteiger partial charge is 0.392 e. The fourth-order valence-electron chi connectivity index (χ4n) is 2.34. The first-order valence-electron chi connectivity index (χ1n) is 6.68. The number of halogens is 1. The van der Waals surface area contributed by atoms with E-state index >= 15 is 0 Å². The molecule has 3 rings (SSSR count). The lowest BCUT2D eigenvalue weighted by Gasteiger charge is -2.21. The Hall–Kier alpha value is -2.46. The van der Waals surface area contributed by atoms with E-state index in [0.29, 0.717) is 5.82 Å². The summed E-state index contributed by atoms with van der Waals surface area (Å²) in [6.07, 6.45) is 0. The van der Waals surface area contributed by atoms with Gasteiger partial charge >= 0.3 is 0 Å². The molecule has 3 nitrogen and oxygen atoms in total. The van der Waals surface area contributed by atoms with Crippen molar-refractivity contribution >= 4 is 22.4 Å². The third-order valence-corrected chi connectivity index (χ3v) is 3.48. The van der Waals surface area contributed by atoms with Crippen molar-refractivity contribution in [3.8, 4) is 0 Å². The normalized spacial score (nSPS) is 10.8. The van der Waals surface area contributed by atoms with Crippen molar-refractivity contribution in [2.45, 2.75) is 6.61 Å². The van der Waals surface area contributed by atoms with Gasteiger partial charge in [-0.25, -0.2) is 9.37 Å². The van der Waals surface area contributed by atoms with Gasteiger partial charge in [-0.15, -0.1) is 0 Å². The molecule has 0 saturated carbocycles. The molecule has 0 radical (unpaired) electrons. The van der Waals surface area contributed by atoms with Gasteiger partial charge in [0, 0.05) is 23.7 Å². The molecule has 21 heavy (non-hydrogen) atoms. The summed E-state index contributed by atoms with van der Waals surface area (Å²) in [6, 6.07) is 15.9. The highest BCUT2D eigenvalue weighted by atomic mass is 19.1. The van der Waals surface area contributed by atoms with Crippen LogP contribution < -0.4 is 4.90 Å². The van der Waals surface area contributed by atoms with Crippen molar-refractivity contribution < 1.29 is 9.50 Å². The molecule has 3 aromatic rings. The van der Waals surface area contributed by atoms with Crippen molar-refractivity contribution in [2.75, 3.05) is 11.9 Å². The predicted molar refractivity (Wildman–Crippen MR) is 82.1 cm³/mol. The number of pyridine rings is 1. The van der Waals surface area contributed by atoms with Gasteiger partial charge in [-0.1, -0.05) is 18.2 Å². The van der Waals surface area contributed by atoms with E-state index in [1.165, 1.54) is 12.1 Å². The van der Waals surface area contributed by atoms with Crippen molar-refractivity contribution in [3.63, 3.8) is 0 Å². The van der Waals surface area contributed by atoms with Crippen LogP contribution in [-0.4, -0.2) is 17.1 Å². The first-order chi connectivity index (χ1) is 10.2. The van der Waals surface area contributed by atoms with Crippen LogP contribution >= 0.6 is 0 Å². The molecule has 0 saturated heterocycles. The lowest BCUT2D eigenvalue weighted by molar-refractivity contribution is 0.282. The van der Waals surface area contributed by atoms with Crippen molar-refractivity contribution in [2.24, 2.45) is 0 Å². The zero-order valence-electron chi connectivity index (χ0n) is 11.6. The number of fused-ring (bicyclic) bond motifs is 1. The molecule has 0 aliphatic rings. The van der Waals surface area contributed by atoms with Crippen LogP contribution in [0.5, 0.6) is 0 Å². The van der Waals surface area contributed by atoms with E-state index in [4.69, 9.17) is 0 Å². The number of hydrogen-bond donors (Lipinski definition) is 1. The minimum Gasteiger partial charge on any atom is -0.392 e. The third kappa shape index (κ3) is 2.58. The van der Waals surface area contributed by atoms with Gasteiger partial charge in [-0.3, -0.25) is 0 Å². The summed E-state index contributed by atoms with van der Waals surface area (Å²) in [6.45, 7) is -0.0985. The molecule has 1 N–H and O–H groups in total. The maximum absolute atomic E-state index is 13.0. The molecule has 1 heterocycles. The number of aliphatic hydroxyl groups excluding tert-OH is 1. The van der Waals surface area contributed by atoms with Crippen LogP contribution in [0.3, 0.4) is 0 Å². The molecule has 0 amide bonds. The Morgan fingerprint density at radius 3 is 2.52 bits per heavy atom. The fourth-order valence-corrected chi connectivity index (χ4v) is 2.34. The van der Waals surface area contributed by atoms with E-state index in [1.54, 1.807) is 12.1 Å². The van der Waals surface area contributed by atoms with E-state index in [9.17, 15) is 9.50 Å². The summed E-state index contributed by atoms with van der Waals surface area (Å²) < 4.78 is 13.0. The molecular weight excluding hydrogens is 267 g/mol. The number of benzene rings is 2. The van der Waals surface area contributed by atoms with E-state index in [-0.39, 0.29) is 12.4 Å². The molecule has 4 heteroatoms. The van der Waals surface area contributed by atoms with Crippen LogP contribution in [0, 0.1) is 5.82 Å². The van der Waals surface area contributed by atoms with Gasteiger partial charge < -0.3 is 10.0 Å². The Morgan fingerprint density at radius 2 is 1.81 bits per heavy atom. The van der Waals surface area contributed by atoms with E-state index < -0.39 is 0 Å². The summed E-state index contributed by atoms with van der Waals surface area (Å²) in [5, 5.41) is 10.6. The van der Waals surface area contributed by atoms with Crippen LogP contribution in [-0.2, 0) is 6.61 Å². The minimum absolute atomic E-state index is 0.0985. The Balaban J connectivity index is 2.11. The summed E-state index contributed by atoms with van der Waals surface area (Å²) in [7, 11) is 1.85. The molecule has 0 aliphatic carbocycles. The van der Waals surface area contributed by atoms with E-state index in [1.807, 2.05) is 42.3 Å². The third-order valence-electron chi connectivity index (χ3n) is 3.48. The highest BCUT2D eigenvalue weighted by Crippen LogP contribution is 2.28. The van der Waals surface area contributed by atoms with Gasteiger partial charge in [-0.2, -0.15) is 0 Å². The van der Waals surface area contributed by atoms with Gasteiger partial charge in [0.2, 0.25) is 0 Å². The first-order valence-corrected chi connectivity index (χ1v) is 6.68. The standard InChI is InChI=1S/C17H15FN2O/c1-20(15-8-6-14(18)7-9-15)17-13(11-21)10-12-4-2-3-5-16(12)19-17/h2-10,21H,11H2,1H3. The number of rotatable bonds is 3. The quantitative estimate of drug-likeness (QED) is 0.797. The predicted octanol–water partition coefficient (Wildman–Crippen LogP) is 3.63. The Morgan fingerprint density at radius 1 is 1.10 bits per heavy atom. The Bertz CT molecular complexity index is 771. The monoisotopic (exact) mass is 282 g/mol. The van der Waals surface area contributed by atoms with Crippen LogP contribution in [0.25, 0.3) is 10.9 Å². The second-order valence-corrected chi connectivity index (χ2v) is 4.86. The number of hydrogen-bond acceptors (Lipinski definition) is 3. The summed E-state index contributed by atoms with van der Waals surface area (Å²) in [4.78, 5) is 6.46.